The molecule has 0 aromatic carbocycles. The standard InChI is InChI=1S/C19H23NO2S/c1-14-9-16(12-23-14)6-4-3-5-15-7-8-17(18(10-15)21-2)19-11-20-13-22-19/h8-13,15H,3-7H2,1-2H3. The monoisotopic (exact) mass is 329 g/mol. The molecule has 0 saturated carbocycles. The molecule has 2 heterocycles. The molecule has 0 aliphatic heterocycles. The number of ether oxygens (including phenoxy) is 1. The van der Waals surface area contributed by atoms with Crippen LogP contribution < -0.4 is 0 Å². The Balaban J connectivity index is 1.49. The number of thiophene rings is 1. The number of aromatic nitrogens is 1. The highest BCUT2D eigenvalue weighted by Gasteiger charge is 2.19. The van der Waals surface area contributed by atoms with Gasteiger partial charge in [0.25, 0.3) is 0 Å². The van der Waals surface area contributed by atoms with Crippen molar-refractivity contribution < 1.29 is 9.15 Å². The van der Waals surface area contributed by atoms with Crippen molar-refractivity contribution in [3.8, 4) is 0 Å². The summed E-state index contributed by atoms with van der Waals surface area (Å²) in [6.07, 6.45) is 13.6. The number of allylic oxidation sites excluding steroid dienone is 3. The second kappa shape index (κ2) is 7.64. The molecule has 0 N–H and O–H groups in total. The van der Waals surface area contributed by atoms with Gasteiger partial charge in [-0.15, -0.1) is 11.3 Å². The SMILES string of the molecule is COC1=CC(CCCCc2csc(C)c2)CC=C1c1cnco1. The fourth-order valence-electron chi connectivity index (χ4n) is 3.06. The van der Waals surface area contributed by atoms with Gasteiger partial charge in [0.2, 0.25) is 0 Å². The first-order chi connectivity index (χ1) is 11.3. The molecular weight excluding hydrogens is 306 g/mol. The Labute approximate surface area is 141 Å². The first-order valence-corrected chi connectivity index (χ1v) is 9.03. The molecule has 1 aliphatic carbocycles. The summed E-state index contributed by atoms with van der Waals surface area (Å²) in [6, 6.07) is 2.31. The van der Waals surface area contributed by atoms with Crippen molar-refractivity contribution in [1.29, 1.82) is 0 Å². The van der Waals surface area contributed by atoms with Gasteiger partial charge in [0, 0.05) is 4.88 Å². The lowest BCUT2D eigenvalue weighted by Crippen LogP contribution is -2.06. The van der Waals surface area contributed by atoms with E-state index in [1.165, 1.54) is 42.5 Å². The third kappa shape index (κ3) is 4.14. The number of oxazole rings is 1. The van der Waals surface area contributed by atoms with E-state index in [2.05, 4.69) is 35.5 Å². The Morgan fingerprint density at radius 1 is 1.39 bits per heavy atom. The molecule has 0 fully saturated rings. The van der Waals surface area contributed by atoms with Gasteiger partial charge >= 0.3 is 0 Å². The molecule has 3 rings (SSSR count). The Morgan fingerprint density at radius 3 is 3.00 bits per heavy atom. The van der Waals surface area contributed by atoms with Gasteiger partial charge < -0.3 is 9.15 Å². The van der Waals surface area contributed by atoms with E-state index in [4.69, 9.17) is 9.15 Å². The zero-order chi connectivity index (χ0) is 16.1. The number of methoxy groups -OCH3 is 1. The van der Waals surface area contributed by atoms with Crippen LogP contribution in [0, 0.1) is 12.8 Å². The Morgan fingerprint density at radius 2 is 2.30 bits per heavy atom. The number of unbranched alkanes of at least 4 members (excludes halogenated alkanes) is 1. The third-order valence-corrected chi connectivity index (χ3v) is 5.18. The van der Waals surface area contributed by atoms with E-state index >= 15 is 0 Å². The number of aryl methyl sites for hydroxylation is 2. The largest absolute Gasteiger partial charge is 0.496 e. The van der Waals surface area contributed by atoms with Crippen LogP contribution in [0.3, 0.4) is 0 Å². The normalized spacial score (nSPS) is 17.7. The Hall–Kier alpha value is -1.81. The Bertz CT molecular complexity index is 682. The summed E-state index contributed by atoms with van der Waals surface area (Å²) >= 11 is 1.84. The number of hydrogen-bond donors (Lipinski definition) is 0. The quantitative estimate of drug-likeness (QED) is 0.639. The van der Waals surface area contributed by atoms with Crippen molar-refractivity contribution in [3.05, 3.63) is 58.1 Å². The first kappa shape index (κ1) is 16.1. The zero-order valence-electron chi connectivity index (χ0n) is 13.7. The topological polar surface area (TPSA) is 35.3 Å². The molecule has 3 nitrogen and oxygen atoms in total. The van der Waals surface area contributed by atoms with E-state index in [0.717, 1.165) is 23.5 Å². The molecule has 0 radical (unpaired) electrons. The lowest BCUT2D eigenvalue weighted by molar-refractivity contribution is 0.301. The van der Waals surface area contributed by atoms with Gasteiger partial charge in [-0.05, 0) is 61.6 Å². The second-order valence-electron chi connectivity index (χ2n) is 6.03. The van der Waals surface area contributed by atoms with Gasteiger partial charge in [0.05, 0.1) is 18.9 Å². The Kier molecular flexibility index (Phi) is 5.34. The molecule has 0 bridgehead atoms. The van der Waals surface area contributed by atoms with Crippen molar-refractivity contribution in [2.75, 3.05) is 7.11 Å². The van der Waals surface area contributed by atoms with Crippen molar-refractivity contribution in [1.82, 2.24) is 4.98 Å². The zero-order valence-corrected chi connectivity index (χ0v) is 14.6. The van der Waals surface area contributed by atoms with Gasteiger partial charge in [-0.25, -0.2) is 4.98 Å². The van der Waals surface area contributed by atoms with E-state index in [-0.39, 0.29) is 0 Å². The average Bonchev–Trinajstić information content (AvgIpc) is 3.23. The van der Waals surface area contributed by atoms with E-state index in [9.17, 15) is 0 Å². The predicted molar refractivity (Wildman–Crippen MR) is 94.3 cm³/mol. The first-order valence-electron chi connectivity index (χ1n) is 8.15. The van der Waals surface area contributed by atoms with Crippen LogP contribution in [0.2, 0.25) is 0 Å². The smallest absolute Gasteiger partial charge is 0.181 e. The fourth-order valence-corrected chi connectivity index (χ4v) is 3.80. The highest BCUT2D eigenvalue weighted by molar-refractivity contribution is 7.10. The van der Waals surface area contributed by atoms with Crippen molar-refractivity contribution >= 4 is 16.9 Å². The van der Waals surface area contributed by atoms with Gasteiger partial charge in [-0.2, -0.15) is 0 Å². The molecule has 122 valence electrons. The third-order valence-electron chi connectivity index (χ3n) is 4.27. The summed E-state index contributed by atoms with van der Waals surface area (Å²) in [7, 11) is 1.72. The molecule has 2 aromatic heterocycles. The predicted octanol–water partition coefficient (Wildman–Crippen LogP) is 5.39. The molecule has 0 spiro atoms. The van der Waals surface area contributed by atoms with Gasteiger partial charge in [0.1, 0.15) is 5.76 Å². The van der Waals surface area contributed by atoms with Crippen molar-refractivity contribution in [2.24, 2.45) is 5.92 Å². The van der Waals surface area contributed by atoms with Gasteiger partial charge in [0.15, 0.2) is 12.2 Å². The molecule has 23 heavy (non-hydrogen) atoms. The molecule has 1 unspecified atom stereocenters. The minimum atomic E-state index is 0.556. The lowest BCUT2D eigenvalue weighted by Gasteiger charge is -2.19. The van der Waals surface area contributed by atoms with Crippen LogP contribution in [-0.4, -0.2) is 12.1 Å². The summed E-state index contributed by atoms with van der Waals surface area (Å²) in [6.45, 7) is 2.17. The maximum absolute atomic E-state index is 5.54. The van der Waals surface area contributed by atoms with Gasteiger partial charge in [-0.1, -0.05) is 12.5 Å². The van der Waals surface area contributed by atoms with Crippen LogP contribution in [0.4, 0.5) is 0 Å². The summed E-state index contributed by atoms with van der Waals surface area (Å²) in [5, 5.41) is 2.28. The molecule has 1 aliphatic rings. The van der Waals surface area contributed by atoms with Crippen molar-refractivity contribution in [2.45, 2.75) is 39.0 Å². The van der Waals surface area contributed by atoms with Crippen LogP contribution >= 0.6 is 11.3 Å². The molecule has 2 aromatic rings. The van der Waals surface area contributed by atoms with E-state index < -0.39 is 0 Å². The highest BCUT2D eigenvalue weighted by Crippen LogP contribution is 2.32. The summed E-state index contributed by atoms with van der Waals surface area (Å²) in [5.74, 6) is 2.25. The van der Waals surface area contributed by atoms with Crippen LogP contribution in [0.25, 0.3) is 5.57 Å². The second-order valence-corrected chi connectivity index (χ2v) is 7.14. The lowest BCUT2D eigenvalue weighted by atomic mass is 9.90. The maximum atomic E-state index is 5.54. The molecule has 4 heteroatoms. The maximum Gasteiger partial charge on any atom is 0.181 e. The van der Waals surface area contributed by atoms with Crippen molar-refractivity contribution in [3.63, 3.8) is 0 Å². The van der Waals surface area contributed by atoms with Gasteiger partial charge in [-0.3, -0.25) is 0 Å². The van der Waals surface area contributed by atoms with Crippen LogP contribution in [0.5, 0.6) is 0 Å². The minimum absolute atomic E-state index is 0.556. The van der Waals surface area contributed by atoms with Crippen LogP contribution in [0.15, 0.2) is 46.4 Å². The van der Waals surface area contributed by atoms with Crippen LogP contribution in [-0.2, 0) is 11.2 Å². The van der Waals surface area contributed by atoms with E-state index in [1.54, 1.807) is 13.3 Å². The fraction of sp³-hybridized carbons (Fsp3) is 0.421. The number of hydrogen-bond acceptors (Lipinski definition) is 4. The van der Waals surface area contributed by atoms with E-state index in [1.807, 2.05) is 11.3 Å². The highest BCUT2D eigenvalue weighted by atomic mass is 32.1. The average molecular weight is 329 g/mol. The molecule has 1 atom stereocenters. The minimum Gasteiger partial charge on any atom is -0.496 e. The summed E-state index contributed by atoms with van der Waals surface area (Å²) in [4.78, 5) is 5.39. The summed E-state index contributed by atoms with van der Waals surface area (Å²) < 4.78 is 10.9. The number of nitrogens with zero attached hydrogens (tertiary/aromatic N) is 1. The van der Waals surface area contributed by atoms with E-state index in [0.29, 0.717) is 5.92 Å². The summed E-state index contributed by atoms with van der Waals surface area (Å²) in [5.41, 5.74) is 2.51. The molecule has 0 saturated heterocycles. The number of rotatable bonds is 7. The molecule has 0 amide bonds. The van der Waals surface area contributed by atoms with Crippen LogP contribution in [0.1, 0.15) is 41.9 Å². The molecular formula is C19H23NO2S.